The number of amides is 2. The minimum Gasteiger partial charge on any atom is -0.384 e. The Morgan fingerprint density at radius 3 is 2.89 bits per heavy atom. The number of thiophene rings is 1. The Labute approximate surface area is 109 Å². The molecule has 0 spiro atoms. The summed E-state index contributed by atoms with van der Waals surface area (Å²) in [6, 6.07) is 1.63. The second kappa shape index (κ2) is 7.48. The molecule has 0 aliphatic carbocycles. The van der Waals surface area contributed by atoms with Gasteiger partial charge >= 0.3 is 0 Å². The number of likely N-dealkylation sites (N-methyl/N-ethyl adjacent to an activating group) is 1. The molecule has 0 saturated heterocycles. The predicted molar refractivity (Wildman–Crippen MR) is 69.3 cm³/mol. The molecule has 0 fully saturated rings. The molecule has 6 heteroatoms. The van der Waals surface area contributed by atoms with Crippen molar-refractivity contribution in [3.05, 3.63) is 21.9 Å². The van der Waals surface area contributed by atoms with Crippen molar-refractivity contribution in [2.75, 3.05) is 19.7 Å². The van der Waals surface area contributed by atoms with Gasteiger partial charge in [0, 0.05) is 11.9 Å². The highest BCUT2D eigenvalue weighted by atomic mass is 32.1. The first-order valence-electron chi connectivity index (χ1n) is 5.40. The van der Waals surface area contributed by atoms with Crippen molar-refractivity contribution in [2.24, 2.45) is 0 Å². The first-order valence-corrected chi connectivity index (χ1v) is 6.28. The quantitative estimate of drug-likeness (QED) is 0.669. The Hall–Kier alpha value is -1.84. The maximum Gasteiger partial charge on any atom is 0.252 e. The molecule has 0 unspecified atom stereocenters. The van der Waals surface area contributed by atoms with Crippen LogP contribution in [0.25, 0.3) is 0 Å². The fourth-order valence-corrected chi connectivity index (χ4v) is 1.92. The summed E-state index contributed by atoms with van der Waals surface area (Å²) in [7, 11) is 0. The van der Waals surface area contributed by atoms with Crippen LogP contribution in [0.2, 0.25) is 0 Å². The van der Waals surface area contributed by atoms with Gasteiger partial charge in [-0.1, -0.05) is 11.8 Å². The Bertz CT molecular complexity index is 485. The van der Waals surface area contributed by atoms with Crippen LogP contribution >= 0.6 is 11.3 Å². The van der Waals surface area contributed by atoms with E-state index in [1.165, 1.54) is 11.3 Å². The van der Waals surface area contributed by atoms with Crippen LogP contribution in [-0.4, -0.2) is 36.6 Å². The molecule has 2 amide bonds. The van der Waals surface area contributed by atoms with Crippen LogP contribution in [0.15, 0.2) is 11.4 Å². The Balaban J connectivity index is 2.51. The number of aliphatic hydroxyl groups excluding tert-OH is 1. The van der Waals surface area contributed by atoms with E-state index in [0.29, 0.717) is 17.0 Å². The summed E-state index contributed by atoms with van der Waals surface area (Å²) in [5, 5.41) is 15.3. The topological polar surface area (TPSA) is 78.4 Å². The Kier molecular flexibility index (Phi) is 5.91. The number of carbonyl (C=O) groups excluding carboxylic acids is 2. The van der Waals surface area contributed by atoms with Gasteiger partial charge in [-0.15, -0.1) is 11.3 Å². The summed E-state index contributed by atoms with van der Waals surface area (Å²) in [4.78, 5) is 23.5. The van der Waals surface area contributed by atoms with Gasteiger partial charge in [0.25, 0.3) is 5.91 Å². The molecule has 0 atom stereocenters. The van der Waals surface area contributed by atoms with E-state index >= 15 is 0 Å². The summed E-state index contributed by atoms with van der Waals surface area (Å²) in [6.45, 7) is 2.09. The second-order valence-electron chi connectivity index (χ2n) is 3.30. The van der Waals surface area contributed by atoms with Crippen LogP contribution in [0.5, 0.6) is 0 Å². The monoisotopic (exact) mass is 266 g/mol. The van der Waals surface area contributed by atoms with Crippen LogP contribution in [0.1, 0.15) is 22.2 Å². The largest absolute Gasteiger partial charge is 0.384 e. The fraction of sp³-hybridized carbons (Fsp3) is 0.333. The van der Waals surface area contributed by atoms with E-state index in [9.17, 15) is 9.59 Å². The normalized spacial score (nSPS) is 9.22. The molecule has 1 aromatic heterocycles. The van der Waals surface area contributed by atoms with Crippen LogP contribution in [0.3, 0.4) is 0 Å². The van der Waals surface area contributed by atoms with Gasteiger partial charge in [0.1, 0.15) is 6.61 Å². The van der Waals surface area contributed by atoms with Gasteiger partial charge in [0.05, 0.1) is 17.0 Å². The average Bonchev–Trinajstić information content (AvgIpc) is 2.82. The standard InChI is InChI=1S/C12H14N2O3S/c1-2-13-11(16)7-14-12(17)9-6-10(18-8-9)4-3-5-15/h6,8,15H,2,5,7H2,1H3,(H,13,16)(H,14,17). The van der Waals surface area contributed by atoms with Crippen LogP contribution in [0, 0.1) is 11.8 Å². The molecule has 5 nitrogen and oxygen atoms in total. The van der Waals surface area contributed by atoms with Crippen molar-refractivity contribution < 1.29 is 14.7 Å². The molecule has 3 N–H and O–H groups in total. The zero-order chi connectivity index (χ0) is 13.4. The number of carbonyl (C=O) groups is 2. The highest BCUT2D eigenvalue weighted by molar-refractivity contribution is 7.10. The van der Waals surface area contributed by atoms with Gasteiger partial charge in [-0.25, -0.2) is 0 Å². The van der Waals surface area contributed by atoms with Crippen molar-refractivity contribution in [3.8, 4) is 11.8 Å². The molecule has 0 aliphatic heterocycles. The van der Waals surface area contributed by atoms with Crippen LogP contribution in [0.4, 0.5) is 0 Å². The number of nitrogens with one attached hydrogen (secondary N) is 2. The summed E-state index contributed by atoms with van der Waals surface area (Å²) in [6.07, 6.45) is 0. The van der Waals surface area contributed by atoms with Gasteiger partial charge < -0.3 is 15.7 Å². The number of aliphatic hydroxyl groups is 1. The highest BCUT2D eigenvalue weighted by Gasteiger charge is 2.09. The third-order valence-electron chi connectivity index (χ3n) is 1.94. The Morgan fingerprint density at radius 2 is 2.22 bits per heavy atom. The van der Waals surface area contributed by atoms with Gasteiger partial charge in [-0.2, -0.15) is 0 Å². The SMILES string of the molecule is CCNC(=O)CNC(=O)c1csc(C#CCO)c1. The smallest absolute Gasteiger partial charge is 0.252 e. The third-order valence-corrected chi connectivity index (χ3v) is 2.78. The summed E-state index contributed by atoms with van der Waals surface area (Å²) in [5.74, 6) is 4.69. The molecular weight excluding hydrogens is 252 g/mol. The molecule has 96 valence electrons. The lowest BCUT2D eigenvalue weighted by Gasteiger charge is -2.03. The molecule has 0 bridgehead atoms. The Morgan fingerprint density at radius 1 is 1.44 bits per heavy atom. The van der Waals surface area contributed by atoms with E-state index in [4.69, 9.17) is 5.11 Å². The molecule has 1 heterocycles. The van der Waals surface area contributed by atoms with E-state index in [0.717, 1.165) is 0 Å². The molecule has 0 radical (unpaired) electrons. The number of hydrogen-bond donors (Lipinski definition) is 3. The molecule has 0 aromatic carbocycles. The molecule has 0 saturated carbocycles. The number of rotatable bonds is 4. The van der Waals surface area contributed by atoms with Gasteiger partial charge in [-0.05, 0) is 13.0 Å². The molecule has 0 aliphatic rings. The minimum absolute atomic E-state index is 0.0415. The first-order chi connectivity index (χ1) is 8.67. The molecule has 1 rings (SSSR count). The van der Waals surface area contributed by atoms with E-state index in [1.54, 1.807) is 11.4 Å². The fourth-order valence-electron chi connectivity index (χ4n) is 1.17. The lowest BCUT2D eigenvalue weighted by Crippen LogP contribution is -2.36. The zero-order valence-corrected chi connectivity index (χ0v) is 10.8. The van der Waals surface area contributed by atoms with Gasteiger partial charge in [0.15, 0.2) is 0 Å². The zero-order valence-electron chi connectivity index (χ0n) is 9.95. The predicted octanol–water partition coefficient (Wildman–Crippen LogP) is -0.0422. The van der Waals surface area contributed by atoms with Crippen molar-refractivity contribution in [2.45, 2.75) is 6.92 Å². The van der Waals surface area contributed by atoms with Gasteiger partial charge in [-0.3, -0.25) is 9.59 Å². The van der Waals surface area contributed by atoms with Crippen molar-refractivity contribution >= 4 is 23.2 Å². The minimum atomic E-state index is -0.311. The molecule has 18 heavy (non-hydrogen) atoms. The number of hydrogen-bond acceptors (Lipinski definition) is 4. The van der Waals surface area contributed by atoms with Crippen molar-refractivity contribution in [1.82, 2.24) is 10.6 Å². The van der Waals surface area contributed by atoms with Crippen LogP contribution in [-0.2, 0) is 4.79 Å². The second-order valence-corrected chi connectivity index (χ2v) is 4.21. The summed E-state index contributed by atoms with van der Waals surface area (Å²) in [5.41, 5.74) is 0.464. The van der Waals surface area contributed by atoms with E-state index in [1.807, 2.05) is 6.92 Å². The first kappa shape index (κ1) is 14.2. The van der Waals surface area contributed by atoms with Gasteiger partial charge in [0.2, 0.25) is 5.91 Å². The lowest BCUT2D eigenvalue weighted by molar-refractivity contribution is -0.120. The van der Waals surface area contributed by atoms with E-state index < -0.39 is 0 Å². The van der Waals surface area contributed by atoms with E-state index in [2.05, 4.69) is 22.5 Å². The lowest BCUT2D eigenvalue weighted by atomic mass is 10.3. The van der Waals surface area contributed by atoms with E-state index in [-0.39, 0.29) is 25.0 Å². The van der Waals surface area contributed by atoms with Crippen molar-refractivity contribution in [3.63, 3.8) is 0 Å². The average molecular weight is 266 g/mol. The third kappa shape index (κ3) is 4.57. The molecule has 1 aromatic rings. The van der Waals surface area contributed by atoms with Crippen LogP contribution < -0.4 is 10.6 Å². The maximum absolute atomic E-state index is 11.7. The summed E-state index contributed by atoms with van der Waals surface area (Å²) >= 11 is 1.32. The maximum atomic E-state index is 11.7. The molecular formula is C12H14N2O3S. The summed E-state index contributed by atoms with van der Waals surface area (Å²) < 4.78 is 0. The highest BCUT2D eigenvalue weighted by Crippen LogP contribution is 2.13. The van der Waals surface area contributed by atoms with Crippen molar-refractivity contribution in [1.29, 1.82) is 0 Å².